The van der Waals surface area contributed by atoms with E-state index in [0.717, 1.165) is 12.1 Å². The molecule has 0 spiro atoms. The molecular formula is C11H11BrF2O. The summed E-state index contributed by atoms with van der Waals surface area (Å²) in [6.07, 6.45) is 0. The monoisotopic (exact) mass is 276 g/mol. The van der Waals surface area contributed by atoms with Crippen LogP contribution in [0.2, 0.25) is 0 Å². The third-order valence-electron chi connectivity index (χ3n) is 2.30. The number of carbonyl (C=O) groups is 1. The first kappa shape index (κ1) is 12.3. The zero-order valence-corrected chi connectivity index (χ0v) is 10.0. The molecule has 0 bridgehead atoms. The van der Waals surface area contributed by atoms with Crippen LogP contribution in [0.4, 0.5) is 8.78 Å². The van der Waals surface area contributed by atoms with E-state index in [-0.39, 0.29) is 16.5 Å². The van der Waals surface area contributed by atoms with E-state index in [4.69, 9.17) is 0 Å². The molecule has 2 atom stereocenters. The molecule has 1 rings (SSSR count). The molecule has 2 unspecified atom stereocenters. The number of Topliss-reactive ketones (excluding diaryl/α,β-unsaturated/α-hetero) is 1. The lowest BCUT2D eigenvalue weighted by Gasteiger charge is -2.16. The predicted molar refractivity (Wildman–Crippen MR) is 58.2 cm³/mol. The Hall–Kier alpha value is -0.770. The molecule has 1 nitrogen and oxygen atoms in total. The van der Waals surface area contributed by atoms with Crippen molar-refractivity contribution in [1.82, 2.24) is 0 Å². The summed E-state index contributed by atoms with van der Waals surface area (Å²) in [4.78, 5) is 10.7. The van der Waals surface area contributed by atoms with Gasteiger partial charge in [-0.3, -0.25) is 4.79 Å². The minimum absolute atomic E-state index is 0.0350. The average molecular weight is 277 g/mol. The van der Waals surface area contributed by atoms with E-state index in [1.165, 1.54) is 13.0 Å². The second-order valence-electron chi connectivity index (χ2n) is 3.47. The maximum absolute atomic E-state index is 12.9. The van der Waals surface area contributed by atoms with E-state index in [0.29, 0.717) is 5.56 Å². The molecule has 0 radical (unpaired) electrons. The summed E-state index contributed by atoms with van der Waals surface area (Å²) in [6, 6.07) is 3.68. The van der Waals surface area contributed by atoms with Crippen molar-refractivity contribution in [2.75, 3.05) is 0 Å². The highest BCUT2D eigenvalue weighted by molar-refractivity contribution is 9.10. The van der Waals surface area contributed by atoms with Crippen LogP contribution in [0, 0.1) is 11.6 Å². The minimum atomic E-state index is -0.886. The summed E-state index contributed by atoms with van der Waals surface area (Å²) in [5, 5.41) is 0. The van der Waals surface area contributed by atoms with E-state index in [2.05, 4.69) is 15.9 Å². The maximum atomic E-state index is 12.9. The van der Waals surface area contributed by atoms with Gasteiger partial charge in [0.05, 0.1) is 4.83 Å². The summed E-state index contributed by atoms with van der Waals surface area (Å²) >= 11 is 3.22. The second kappa shape index (κ2) is 4.84. The average Bonchev–Trinajstić information content (AvgIpc) is 2.19. The zero-order valence-electron chi connectivity index (χ0n) is 8.43. The van der Waals surface area contributed by atoms with Crippen LogP contribution in [0.15, 0.2) is 18.2 Å². The molecule has 0 amide bonds. The first-order chi connectivity index (χ1) is 6.93. The first-order valence-corrected chi connectivity index (χ1v) is 5.44. The van der Waals surface area contributed by atoms with Crippen molar-refractivity contribution in [3.8, 4) is 0 Å². The SMILES string of the molecule is CC(=O)C(Br)C(C)c1ccc(F)c(F)c1. The molecule has 1 aromatic rings. The van der Waals surface area contributed by atoms with Crippen molar-refractivity contribution in [3.63, 3.8) is 0 Å². The molecule has 0 aliphatic rings. The maximum Gasteiger partial charge on any atom is 0.159 e. The number of carbonyl (C=O) groups excluding carboxylic acids is 1. The molecule has 0 N–H and O–H groups in total. The first-order valence-electron chi connectivity index (χ1n) is 4.53. The Morgan fingerprint density at radius 3 is 2.40 bits per heavy atom. The van der Waals surface area contributed by atoms with Gasteiger partial charge in [0.15, 0.2) is 11.6 Å². The Morgan fingerprint density at radius 1 is 1.33 bits per heavy atom. The van der Waals surface area contributed by atoms with Gasteiger partial charge in [-0.15, -0.1) is 0 Å². The van der Waals surface area contributed by atoms with Crippen molar-refractivity contribution in [1.29, 1.82) is 0 Å². The smallest absolute Gasteiger partial charge is 0.159 e. The van der Waals surface area contributed by atoms with Crippen LogP contribution in [0.25, 0.3) is 0 Å². The Morgan fingerprint density at radius 2 is 1.93 bits per heavy atom. The highest BCUT2D eigenvalue weighted by Gasteiger charge is 2.20. The molecule has 0 fully saturated rings. The van der Waals surface area contributed by atoms with Crippen LogP contribution in [0.3, 0.4) is 0 Å². The van der Waals surface area contributed by atoms with Crippen molar-refractivity contribution in [3.05, 3.63) is 35.4 Å². The number of halogens is 3. The molecule has 15 heavy (non-hydrogen) atoms. The van der Waals surface area contributed by atoms with Gasteiger partial charge in [0.25, 0.3) is 0 Å². The van der Waals surface area contributed by atoms with Gasteiger partial charge < -0.3 is 0 Å². The number of alkyl halides is 1. The molecule has 0 aromatic heterocycles. The van der Waals surface area contributed by atoms with Crippen LogP contribution >= 0.6 is 15.9 Å². The predicted octanol–water partition coefficient (Wildman–Crippen LogP) is 3.42. The van der Waals surface area contributed by atoms with Gasteiger partial charge in [-0.1, -0.05) is 28.9 Å². The van der Waals surface area contributed by atoms with Gasteiger partial charge in [-0.25, -0.2) is 8.78 Å². The Kier molecular flexibility index (Phi) is 3.97. The number of hydrogen-bond donors (Lipinski definition) is 0. The van der Waals surface area contributed by atoms with E-state index < -0.39 is 11.6 Å². The quantitative estimate of drug-likeness (QED) is 0.774. The summed E-state index contributed by atoms with van der Waals surface area (Å²) < 4.78 is 25.6. The van der Waals surface area contributed by atoms with Crippen molar-refractivity contribution in [2.24, 2.45) is 0 Å². The summed E-state index contributed by atoms with van der Waals surface area (Å²) in [6.45, 7) is 3.24. The largest absolute Gasteiger partial charge is 0.299 e. The molecule has 0 aliphatic heterocycles. The lowest BCUT2D eigenvalue weighted by molar-refractivity contribution is -0.116. The van der Waals surface area contributed by atoms with Crippen LogP contribution in [0.5, 0.6) is 0 Å². The fraction of sp³-hybridized carbons (Fsp3) is 0.364. The van der Waals surface area contributed by atoms with E-state index >= 15 is 0 Å². The molecule has 82 valence electrons. The van der Waals surface area contributed by atoms with E-state index in [1.54, 1.807) is 6.92 Å². The lowest BCUT2D eigenvalue weighted by atomic mass is 9.96. The normalized spacial score (nSPS) is 14.7. The number of benzene rings is 1. The van der Waals surface area contributed by atoms with Crippen LogP contribution in [-0.4, -0.2) is 10.6 Å². The molecular weight excluding hydrogens is 266 g/mol. The van der Waals surface area contributed by atoms with Crippen molar-refractivity contribution < 1.29 is 13.6 Å². The molecule has 0 saturated carbocycles. The number of ketones is 1. The third kappa shape index (κ3) is 2.84. The Bertz CT molecular complexity index is 379. The third-order valence-corrected chi connectivity index (χ3v) is 3.73. The van der Waals surface area contributed by atoms with Gasteiger partial charge in [-0.2, -0.15) is 0 Å². The molecule has 4 heteroatoms. The van der Waals surface area contributed by atoms with Gasteiger partial charge in [0.1, 0.15) is 5.78 Å². The fourth-order valence-electron chi connectivity index (χ4n) is 1.32. The highest BCUT2D eigenvalue weighted by Crippen LogP contribution is 2.26. The summed E-state index contributed by atoms with van der Waals surface area (Å²) in [7, 11) is 0. The van der Waals surface area contributed by atoms with Gasteiger partial charge >= 0.3 is 0 Å². The van der Waals surface area contributed by atoms with Gasteiger partial charge in [-0.05, 0) is 24.6 Å². The molecule has 0 heterocycles. The standard InChI is InChI=1S/C11H11BrF2O/c1-6(11(12)7(2)15)8-3-4-9(13)10(14)5-8/h3-6,11H,1-2H3. The number of hydrogen-bond acceptors (Lipinski definition) is 1. The highest BCUT2D eigenvalue weighted by atomic mass is 79.9. The van der Waals surface area contributed by atoms with Crippen LogP contribution in [0.1, 0.15) is 25.3 Å². The van der Waals surface area contributed by atoms with Gasteiger partial charge in [0, 0.05) is 5.92 Å². The molecule has 0 saturated heterocycles. The molecule has 1 aromatic carbocycles. The fourth-order valence-corrected chi connectivity index (χ4v) is 1.62. The summed E-state index contributed by atoms with van der Waals surface area (Å²) in [5.74, 6) is -1.98. The van der Waals surface area contributed by atoms with Crippen LogP contribution in [-0.2, 0) is 4.79 Å². The van der Waals surface area contributed by atoms with Crippen molar-refractivity contribution >= 4 is 21.7 Å². The number of rotatable bonds is 3. The van der Waals surface area contributed by atoms with E-state index in [9.17, 15) is 13.6 Å². The van der Waals surface area contributed by atoms with Gasteiger partial charge in [0.2, 0.25) is 0 Å². The topological polar surface area (TPSA) is 17.1 Å². The second-order valence-corrected chi connectivity index (χ2v) is 4.46. The van der Waals surface area contributed by atoms with Crippen LogP contribution < -0.4 is 0 Å². The zero-order chi connectivity index (χ0) is 11.6. The summed E-state index contributed by atoms with van der Waals surface area (Å²) in [5.41, 5.74) is 0.603. The van der Waals surface area contributed by atoms with E-state index in [1.807, 2.05) is 0 Å². The Labute approximate surface area is 95.6 Å². The lowest BCUT2D eigenvalue weighted by Crippen LogP contribution is -2.17. The van der Waals surface area contributed by atoms with Crippen molar-refractivity contribution in [2.45, 2.75) is 24.6 Å². The minimum Gasteiger partial charge on any atom is -0.299 e. The Balaban J connectivity index is 2.96. The molecule has 0 aliphatic carbocycles.